The normalized spacial score (nSPS) is 12.2. The van der Waals surface area contributed by atoms with E-state index in [1.165, 1.54) is 0 Å². The molecule has 1 N–H and O–H groups in total. The van der Waals surface area contributed by atoms with E-state index in [-0.39, 0.29) is 28.9 Å². The van der Waals surface area contributed by atoms with E-state index in [0.29, 0.717) is 0 Å². The van der Waals surface area contributed by atoms with Crippen LogP contribution in [0.4, 0.5) is 36.4 Å². The van der Waals surface area contributed by atoms with Gasteiger partial charge in [-0.1, -0.05) is 11.6 Å². The molecular formula is C15H7ClF7NO. The van der Waals surface area contributed by atoms with Gasteiger partial charge in [-0.05, 0) is 36.4 Å². The fourth-order valence-corrected chi connectivity index (χ4v) is 2.09. The Kier molecular flexibility index (Phi) is 4.99. The van der Waals surface area contributed by atoms with Crippen molar-refractivity contribution in [2.24, 2.45) is 0 Å². The molecule has 2 aromatic rings. The van der Waals surface area contributed by atoms with Crippen molar-refractivity contribution in [1.29, 1.82) is 0 Å². The number of amides is 1. The number of hydrogen-bond donors (Lipinski definition) is 1. The zero-order valence-electron chi connectivity index (χ0n) is 11.9. The summed E-state index contributed by atoms with van der Waals surface area (Å²) < 4.78 is 89.6. The quantitative estimate of drug-likeness (QED) is 0.653. The topological polar surface area (TPSA) is 29.1 Å². The minimum Gasteiger partial charge on any atom is -0.321 e. The second-order valence-electron chi connectivity index (χ2n) is 4.87. The monoisotopic (exact) mass is 385 g/mol. The van der Waals surface area contributed by atoms with Gasteiger partial charge in [0.15, 0.2) is 0 Å². The first-order valence-electron chi connectivity index (χ1n) is 6.44. The highest BCUT2D eigenvalue weighted by atomic mass is 35.5. The fourth-order valence-electron chi connectivity index (χ4n) is 1.87. The second kappa shape index (κ2) is 6.55. The summed E-state index contributed by atoms with van der Waals surface area (Å²) in [5, 5.41) is 1.77. The number of rotatable bonds is 2. The molecule has 0 fully saturated rings. The number of anilines is 1. The zero-order valence-corrected chi connectivity index (χ0v) is 12.7. The van der Waals surface area contributed by atoms with Gasteiger partial charge in [-0.2, -0.15) is 26.3 Å². The van der Waals surface area contributed by atoms with Gasteiger partial charge in [0.25, 0.3) is 5.91 Å². The van der Waals surface area contributed by atoms with Crippen molar-refractivity contribution < 1.29 is 35.5 Å². The molecule has 2 nitrogen and oxygen atoms in total. The highest BCUT2D eigenvalue weighted by Crippen LogP contribution is 2.36. The van der Waals surface area contributed by atoms with E-state index < -0.39 is 40.8 Å². The Morgan fingerprint density at radius 3 is 1.84 bits per heavy atom. The maximum Gasteiger partial charge on any atom is 0.416 e. The Morgan fingerprint density at radius 1 is 0.880 bits per heavy atom. The molecule has 0 aliphatic carbocycles. The van der Waals surface area contributed by atoms with E-state index in [4.69, 9.17) is 11.6 Å². The van der Waals surface area contributed by atoms with Crippen molar-refractivity contribution in [1.82, 2.24) is 0 Å². The Bertz CT molecular complexity index is 782. The molecule has 0 aliphatic rings. The molecule has 0 bridgehead atoms. The SMILES string of the molecule is O=C(Nc1ccc(F)cc1Cl)c1cc(C(F)(F)F)cc(C(F)(F)F)c1. The van der Waals surface area contributed by atoms with E-state index in [1.54, 1.807) is 0 Å². The first-order chi connectivity index (χ1) is 11.4. The molecule has 1 amide bonds. The number of alkyl halides is 6. The molecule has 0 heterocycles. The average molecular weight is 386 g/mol. The van der Waals surface area contributed by atoms with Gasteiger partial charge < -0.3 is 5.32 Å². The van der Waals surface area contributed by atoms with E-state index >= 15 is 0 Å². The largest absolute Gasteiger partial charge is 0.416 e. The number of carbonyl (C=O) groups is 1. The van der Waals surface area contributed by atoms with E-state index in [9.17, 15) is 35.5 Å². The molecule has 0 saturated heterocycles. The van der Waals surface area contributed by atoms with Crippen molar-refractivity contribution in [3.05, 3.63) is 63.9 Å². The first kappa shape index (κ1) is 19.0. The third-order valence-corrected chi connectivity index (χ3v) is 3.34. The molecule has 0 aromatic heterocycles. The van der Waals surface area contributed by atoms with Gasteiger partial charge in [0.2, 0.25) is 0 Å². The summed E-state index contributed by atoms with van der Waals surface area (Å²) in [6.45, 7) is 0. The van der Waals surface area contributed by atoms with Crippen LogP contribution in [-0.2, 0) is 12.4 Å². The molecule has 0 atom stereocenters. The molecule has 0 saturated carbocycles. The molecule has 25 heavy (non-hydrogen) atoms. The molecule has 0 spiro atoms. The Labute approximate surface area is 141 Å². The van der Waals surface area contributed by atoms with Gasteiger partial charge in [-0.3, -0.25) is 4.79 Å². The van der Waals surface area contributed by atoms with E-state index in [0.717, 1.165) is 18.2 Å². The van der Waals surface area contributed by atoms with Crippen molar-refractivity contribution >= 4 is 23.2 Å². The van der Waals surface area contributed by atoms with Crippen LogP contribution < -0.4 is 5.32 Å². The van der Waals surface area contributed by atoms with Gasteiger partial charge in [0.05, 0.1) is 21.8 Å². The summed E-state index contributed by atoms with van der Waals surface area (Å²) in [6, 6.07) is 3.22. The predicted octanol–water partition coefficient (Wildman–Crippen LogP) is 5.77. The summed E-state index contributed by atoms with van der Waals surface area (Å²) in [7, 11) is 0. The first-order valence-corrected chi connectivity index (χ1v) is 6.81. The smallest absolute Gasteiger partial charge is 0.321 e. The molecule has 2 aromatic carbocycles. The van der Waals surface area contributed by atoms with Crippen LogP contribution in [0, 0.1) is 5.82 Å². The number of nitrogens with one attached hydrogen (secondary N) is 1. The van der Waals surface area contributed by atoms with Crippen LogP contribution in [0.5, 0.6) is 0 Å². The number of benzene rings is 2. The van der Waals surface area contributed by atoms with Gasteiger partial charge in [0.1, 0.15) is 5.82 Å². The third kappa shape index (κ3) is 4.62. The summed E-state index contributed by atoms with van der Waals surface area (Å²) >= 11 is 5.65. The van der Waals surface area contributed by atoms with E-state index in [1.807, 2.05) is 5.32 Å². The lowest BCUT2D eigenvalue weighted by Crippen LogP contribution is -2.17. The second-order valence-corrected chi connectivity index (χ2v) is 5.28. The van der Waals surface area contributed by atoms with E-state index in [2.05, 4.69) is 0 Å². The highest BCUT2D eigenvalue weighted by molar-refractivity contribution is 6.33. The molecule has 2 rings (SSSR count). The molecule has 134 valence electrons. The van der Waals surface area contributed by atoms with Gasteiger partial charge >= 0.3 is 12.4 Å². The minimum absolute atomic E-state index is 0.0956. The Morgan fingerprint density at radius 2 is 1.40 bits per heavy atom. The summed E-state index contributed by atoms with van der Waals surface area (Å²) in [6.07, 6.45) is -10.2. The van der Waals surface area contributed by atoms with Gasteiger partial charge in [0, 0.05) is 5.56 Å². The van der Waals surface area contributed by atoms with Crippen LogP contribution >= 0.6 is 11.6 Å². The number of hydrogen-bond acceptors (Lipinski definition) is 1. The summed E-state index contributed by atoms with van der Waals surface area (Å²) in [5.74, 6) is -1.99. The van der Waals surface area contributed by atoms with Crippen molar-refractivity contribution in [3.63, 3.8) is 0 Å². The lowest BCUT2D eigenvalue weighted by molar-refractivity contribution is -0.143. The van der Waals surface area contributed by atoms with Crippen LogP contribution in [-0.4, -0.2) is 5.91 Å². The van der Waals surface area contributed by atoms with Crippen molar-refractivity contribution in [2.75, 3.05) is 5.32 Å². The predicted molar refractivity (Wildman–Crippen MR) is 75.8 cm³/mol. The fraction of sp³-hybridized carbons (Fsp3) is 0.133. The van der Waals surface area contributed by atoms with Crippen LogP contribution in [0.2, 0.25) is 5.02 Å². The molecular weight excluding hydrogens is 379 g/mol. The summed E-state index contributed by atoms with van der Waals surface area (Å²) in [5.41, 5.74) is -4.29. The number of carbonyl (C=O) groups excluding carboxylic acids is 1. The maximum absolute atomic E-state index is 12.9. The maximum atomic E-state index is 12.9. The van der Waals surface area contributed by atoms with Crippen molar-refractivity contribution in [3.8, 4) is 0 Å². The van der Waals surface area contributed by atoms with Gasteiger partial charge in [-0.25, -0.2) is 4.39 Å². The van der Waals surface area contributed by atoms with Crippen LogP contribution in [0.3, 0.4) is 0 Å². The lowest BCUT2D eigenvalue weighted by atomic mass is 10.0. The Hall–Kier alpha value is -2.29. The van der Waals surface area contributed by atoms with Crippen molar-refractivity contribution in [2.45, 2.75) is 12.4 Å². The molecule has 10 heteroatoms. The standard InChI is InChI=1S/C15H7ClF7NO/c16-11-6-10(17)1-2-12(11)24-13(25)7-3-8(14(18,19)20)5-9(4-7)15(21,22)23/h1-6H,(H,24,25). The lowest BCUT2D eigenvalue weighted by Gasteiger charge is -2.14. The molecule has 0 aliphatic heterocycles. The van der Waals surface area contributed by atoms with Crippen LogP contribution in [0.25, 0.3) is 0 Å². The molecule has 0 radical (unpaired) electrons. The highest BCUT2D eigenvalue weighted by Gasteiger charge is 2.37. The third-order valence-electron chi connectivity index (χ3n) is 3.03. The number of halogens is 8. The van der Waals surface area contributed by atoms with Crippen LogP contribution in [0.1, 0.15) is 21.5 Å². The minimum atomic E-state index is -5.08. The Balaban J connectivity index is 2.44. The molecule has 0 unspecified atom stereocenters. The van der Waals surface area contributed by atoms with Gasteiger partial charge in [-0.15, -0.1) is 0 Å². The average Bonchev–Trinajstić information content (AvgIpc) is 2.47. The summed E-state index contributed by atoms with van der Waals surface area (Å²) in [4.78, 5) is 12.0. The van der Waals surface area contributed by atoms with Crippen LogP contribution in [0.15, 0.2) is 36.4 Å². The zero-order chi connectivity index (χ0) is 19.0.